The number of halogens is 1. The van der Waals surface area contributed by atoms with E-state index < -0.39 is 0 Å². The van der Waals surface area contributed by atoms with Crippen molar-refractivity contribution < 1.29 is 19.1 Å². The Balaban J connectivity index is 0.00000338. The summed E-state index contributed by atoms with van der Waals surface area (Å²) in [4.78, 5) is 35.0. The number of benzene rings is 1. The molecule has 1 saturated heterocycles. The van der Waals surface area contributed by atoms with E-state index in [-0.39, 0.29) is 62.2 Å². The number of hydrogen-bond donors (Lipinski definition) is 3. The van der Waals surface area contributed by atoms with Crippen LogP contribution in [0.2, 0.25) is 0 Å². The van der Waals surface area contributed by atoms with Crippen LogP contribution in [-0.2, 0) is 25.7 Å². The van der Waals surface area contributed by atoms with Crippen LogP contribution >= 0.6 is 12.4 Å². The molecule has 8 heteroatoms. The van der Waals surface area contributed by atoms with Crippen molar-refractivity contribution >= 4 is 30.2 Å². The Hall–Kier alpha value is -2.12. The van der Waals surface area contributed by atoms with E-state index >= 15 is 0 Å². The van der Waals surface area contributed by atoms with E-state index in [9.17, 15) is 14.4 Å². The molecule has 1 atom stereocenters. The molecular formula is C18H26ClN3O4. The number of carbonyl (C=O) groups excluding carboxylic acids is 3. The van der Waals surface area contributed by atoms with Crippen LogP contribution in [0, 0.1) is 0 Å². The number of ether oxygens (including phenoxy) is 1. The molecule has 0 spiro atoms. The summed E-state index contributed by atoms with van der Waals surface area (Å²) < 4.78 is 5.13. The number of rotatable bonds is 9. The van der Waals surface area contributed by atoms with Gasteiger partial charge in [-0.05, 0) is 24.9 Å². The van der Waals surface area contributed by atoms with Gasteiger partial charge in [0.2, 0.25) is 11.8 Å². The molecule has 2 rings (SSSR count). The van der Waals surface area contributed by atoms with E-state index in [0.29, 0.717) is 6.54 Å². The number of hydrogen-bond acceptors (Lipinski definition) is 5. The third kappa shape index (κ3) is 8.31. The number of nitrogens with one attached hydrogen (secondary N) is 3. The first-order chi connectivity index (χ1) is 12.1. The van der Waals surface area contributed by atoms with Crippen LogP contribution in [0.3, 0.4) is 0 Å². The van der Waals surface area contributed by atoms with Gasteiger partial charge in [-0.15, -0.1) is 12.4 Å². The maximum absolute atomic E-state index is 11.8. The molecule has 1 aromatic rings. The average molecular weight is 384 g/mol. The highest BCUT2D eigenvalue weighted by atomic mass is 35.5. The van der Waals surface area contributed by atoms with Crippen molar-refractivity contribution in [1.82, 2.24) is 16.0 Å². The fraction of sp³-hybridized carbons (Fsp3) is 0.500. The molecule has 0 saturated carbocycles. The van der Waals surface area contributed by atoms with Crippen LogP contribution in [0.4, 0.5) is 0 Å². The molecule has 1 aliphatic rings. The molecule has 0 bridgehead atoms. The molecule has 1 fully saturated rings. The Morgan fingerprint density at radius 2 is 1.81 bits per heavy atom. The molecule has 0 aromatic heterocycles. The molecule has 2 amide bonds. The van der Waals surface area contributed by atoms with E-state index in [0.717, 1.165) is 24.9 Å². The van der Waals surface area contributed by atoms with E-state index in [1.807, 2.05) is 30.3 Å². The molecule has 1 heterocycles. The predicted molar refractivity (Wildman–Crippen MR) is 99.8 cm³/mol. The molecule has 0 radical (unpaired) electrons. The van der Waals surface area contributed by atoms with Gasteiger partial charge in [-0.2, -0.15) is 0 Å². The summed E-state index contributed by atoms with van der Waals surface area (Å²) in [6, 6.07) is 9.28. The quantitative estimate of drug-likeness (QED) is 0.551. The number of amides is 2. The fourth-order valence-electron chi connectivity index (χ4n) is 2.53. The number of esters is 1. The fourth-order valence-corrected chi connectivity index (χ4v) is 2.53. The molecule has 0 unspecified atom stereocenters. The Kier molecular flexibility index (Phi) is 10.3. The summed E-state index contributed by atoms with van der Waals surface area (Å²) in [7, 11) is 0. The van der Waals surface area contributed by atoms with Crippen molar-refractivity contribution in [3.8, 4) is 0 Å². The van der Waals surface area contributed by atoms with Gasteiger partial charge in [-0.25, -0.2) is 0 Å². The zero-order valence-corrected chi connectivity index (χ0v) is 15.5. The summed E-state index contributed by atoms with van der Waals surface area (Å²) in [5.74, 6) is -0.616. The second-order valence-electron chi connectivity index (χ2n) is 5.94. The third-order valence-corrected chi connectivity index (χ3v) is 3.92. The van der Waals surface area contributed by atoms with Crippen molar-refractivity contribution in [3.05, 3.63) is 35.9 Å². The lowest BCUT2D eigenvalue weighted by atomic mass is 10.2. The van der Waals surface area contributed by atoms with Gasteiger partial charge in [-0.1, -0.05) is 30.3 Å². The maximum atomic E-state index is 11.8. The lowest BCUT2D eigenvalue weighted by molar-refractivity contribution is -0.144. The Morgan fingerprint density at radius 1 is 1.08 bits per heavy atom. The monoisotopic (exact) mass is 383 g/mol. The second kappa shape index (κ2) is 12.3. The zero-order valence-electron chi connectivity index (χ0n) is 14.7. The predicted octanol–water partition coefficient (Wildman–Crippen LogP) is 0.916. The number of carbonyl (C=O) groups is 3. The molecule has 0 aliphatic carbocycles. The average Bonchev–Trinajstić information content (AvgIpc) is 3.15. The van der Waals surface area contributed by atoms with Crippen molar-refractivity contribution in [2.45, 2.75) is 38.3 Å². The van der Waals surface area contributed by atoms with Gasteiger partial charge in [0.1, 0.15) is 6.61 Å². The van der Waals surface area contributed by atoms with Crippen LogP contribution in [0.15, 0.2) is 30.3 Å². The van der Waals surface area contributed by atoms with E-state index in [4.69, 9.17) is 4.74 Å². The molecule has 7 nitrogen and oxygen atoms in total. The van der Waals surface area contributed by atoms with E-state index in [2.05, 4.69) is 16.0 Å². The van der Waals surface area contributed by atoms with Crippen LogP contribution in [0.25, 0.3) is 0 Å². The van der Waals surface area contributed by atoms with Gasteiger partial charge in [0.25, 0.3) is 0 Å². The van der Waals surface area contributed by atoms with Gasteiger partial charge in [0, 0.05) is 19.5 Å². The minimum absolute atomic E-state index is 0. The summed E-state index contributed by atoms with van der Waals surface area (Å²) in [5, 5.41) is 8.49. The minimum Gasteiger partial charge on any atom is -0.461 e. The first-order valence-corrected chi connectivity index (χ1v) is 8.62. The molecular weight excluding hydrogens is 358 g/mol. The summed E-state index contributed by atoms with van der Waals surface area (Å²) in [6.45, 7) is 1.61. The summed E-state index contributed by atoms with van der Waals surface area (Å²) in [5.41, 5.74) is 0.923. The largest absolute Gasteiger partial charge is 0.461 e. The van der Waals surface area contributed by atoms with Crippen LogP contribution in [0.5, 0.6) is 0 Å². The molecule has 3 N–H and O–H groups in total. The normalized spacial score (nSPS) is 15.6. The molecule has 1 aliphatic heterocycles. The summed E-state index contributed by atoms with van der Waals surface area (Å²) in [6.07, 6.45) is 2.15. The van der Waals surface area contributed by atoms with Gasteiger partial charge >= 0.3 is 5.97 Å². The van der Waals surface area contributed by atoms with Crippen molar-refractivity contribution in [1.29, 1.82) is 0 Å². The highest BCUT2D eigenvalue weighted by Gasteiger charge is 2.21. The lowest BCUT2D eigenvalue weighted by Gasteiger charge is -2.11. The van der Waals surface area contributed by atoms with Crippen molar-refractivity contribution in [2.75, 3.05) is 19.6 Å². The Labute approximate surface area is 159 Å². The maximum Gasteiger partial charge on any atom is 0.307 e. The first-order valence-electron chi connectivity index (χ1n) is 8.62. The lowest BCUT2D eigenvalue weighted by Crippen LogP contribution is -2.41. The summed E-state index contributed by atoms with van der Waals surface area (Å²) >= 11 is 0. The van der Waals surface area contributed by atoms with Gasteiger partial charge in [0.15, 0.2) is 0 Å². The first kappa shape index (κ1) is 21.9. The van der Waals surface area contributed by atoms with Crippen molar-refractivity contribution in [3.63, 3.8) is 0 Å². The van der Waals surface area contributed by atoms with E-state index in [1.165, 1.54) is 0 Å². The molecule has 144 valence electrons. The SMILES string of the molecule is Cl.O=C(CCNC(=O)[C@@H]1CCCN1)NCCC(=O)OCc1ccccc1. The topological polar surface area (TPSA) is 96.5 Å². The third-order valence-electron chi connectivity index (χ3n) is 3.92. The minimum atomic E-state index is -0.357. The molecule has 26 heavy (non-hydrogen) atoms. The van der Waals surface area contributed by atoms with Gasteiger partial charge in [-0.3, -0.25) is 14.4 Å². The highest BCUT2D eigenvalue weighted by Crippen LogP contribution is 2.04. The smallest absolute Gasteiger partial charge is 0.307 e. The van der Waals surface area contributed by atoms with Crippen LogP contribution in [0.1, 0.15) is 31.2 Å². The highest BCUT2D eigenvalue weighted by molar-refractivity contribution is 5.85. The van der Waals surface area contributed by atoms with Gasteiger partial charge in [0.05, 0.1) is 12.5 Å². The van der Waals surface area contributed by atoms with E-state index in [1.54, 1.807) is 0 Å². The van der Waals surface area contributed by atoms with Crippen LogP contribution < -0.4 is 16.0 Å². The Morgan fingerprint density at radius 3 is 2.50 bits per heavy atom. The zero-order chi connectivity index (χ0) is 17.9. The second-order valence-corrected chi connectivity index (χ2v) is 5.94. The standard InChI is InChI=1S/C18H25N3O4.ClH/c22-16(8-11-21-18(24)15-7-4-10-19-15)20-12-9-17(23)25-13-14-5-2-1-3-6-14;/h1-3,5-6,15,19H,4,7-13H2,(H,20,22)(H,21,24);1H/t15-;/m0./s1. The molecule has 1 aromatic carbocycles. The van der Waals surface area contributed by atoms with Crippen molar-refractivity contribution in [2.24, 2.45) is 0 Å². The Bertz CT molecular complexity index is 577. The van der Waals surface area contributed by atoms with Gasteiger partial charge < -0.3 is 20.7 Å². The van der Waals surface area contributed by atoms with Crippen LogP contribution in [-0.4, -0.2) is 43.5 Å².